The lowest BCUT2D eigenvalue weighted by Crippen LogP contribution is -2.24. The number of hydrogen-bond donors (Lipinski definition) is 1. The second kappa shape index (κ2) is 10.3. The van der Waals surface area contributed by atoms with Crippen LogP contribution in [0.25, 0.3) is 0 Å². The Bertz CT molecular complexity index is 947. The van der Waals surface area contributed by atoms with Gasteiger partial charge >= 0.3 is 12.1 Å². The van der Waals surface area contributed by atoms with Crippen LogP contribution in [0.15, 0.2) is 42.5 Å². The predicted octanol–water partition coefficient (Wildman–Crippen LogP) is 3.57. The Hall–Kier alpha value is -3.83. The second-order valence-electron chi connectivity index (χ2n) is 5.89. The monoisotopic (exact) mass is 442 g/mol. The van der Waals surface area contributed by atoms with Gasteiger partial charge in [-0.25, -0.2) is 4.79 Å². The Morgan fingerprint density at radius 1 is 1.03 bits per heavy atom. The fraction of sp³-hybridized carbons (Fsp3) is 0.263. The number of alkyl halides is 3. The summed E-state index contributed by atoms with van der Waals surface area (Å²) in [7, 11) is 0. The second-order valence-corrected chi connectivity index (χ2v) is 5.89. The van der Waals surface area contributed by atoms with Crippen molar-refractivity contribution < 1.29 is 41.9 Å². The Balaban J connectivity index is 1.88. The number of nitrogens with one attached hydrogen (secondary N) is 1. The van der Waals surface area contributed by atoms with Gasteiger partial charge in [0.1, 0.15) is 11.5 Å². The van der Waals surface area contributed by atoms with Gasteiger partial charge in [0.25, 0.3) is 11.6 Å². The molecule has 2 aromatic rings. The summed E-state index contributed by atoms with van der Waals surface area (Å²) in [6.45, 7) is 0.896. The molecule has 0 atom stereocenters. The molecule has 9 nitrogen and oxygen atoms in total. The zero-order valence-electron chi connectivity index (χ0n) is 16.1. The first-order valence-corrected chi connectivity index (χ1v) is 8.77. The van der Waals surface area contributed by atoms with E-state index in [9.17, 15) is 32.9 Å². The molecule has 0 aromatic heterocycles. The maximum atomic E-state index is 13.1. The van der Waals surface area contributed by atoms with E-state index in [1.807, 2.05) is 12.2 Å². The average Bonchev–Trinajstić information content (AvgIpc) is 2.71. The smallest absolute Gasteiger partial charge is 0.418 e. The van der Waals surface area contributed by atoms with Crippen molar-refractivity contribution in [2.45, 2.75) is 13.1 Å². The molecule has 166 valence electrons. The summed E-state index contributed by atoms with van der Waals surface area (Å²) in [6, 6.07) is 8.21. The molecule has 1 amide bonds. The van der Waals surface area contributed by atoms with E-state index in [1.54, 1.807) is 24.3 Å². The highest BCUT2D eigenvalue weighted by molar-refractivity contribution is 5.93. The lowest BCUT2D eigenvalue weighted by atomic mass is 10.1. The lowest BCUT2D eigenvalue weighted by Gasteiger charge is -2.13. The number of rotatable bonds is 9. The first-order chi connectivity index (χ1) is 14.6. The van der Waals surface area contributed by atoms with Gasteiger partial charge in [0.2, 0.25) is 0 Å². The lowest BCUT2D eigenvalue weighted by molar-refractivity contribution is -0.385. The van der Waals surface area contributed by atoms with Crippen LogP contribution in [0.3, 0.4) is 0 Å². The first-order valence-electron chi connectivity index (χ1n) is 8.77. The molecule has 2 aromatic carbocycles. The third-order valence-electron chi connectivity index (χ3n) is 3.65. The van der Waals surface area contributed by atoms with E-state index >= 15 is 0 Å². The van der Waals surface area contributed by atoms with Crippen LogP contribution in [0.2, 0.25) is 0 Å². The minimum absolute atomic E-state index is 0.298. The van der Waals surface area contributed by atoms with E-state index < -0.39 is 53.1 Å². The molecule has 2 rings (SSSR count). The van der Waals surface area contributed by atoms with Crippen LogP contribution in [-0.4, -0.2) is 36.6 Å². The summed E-state index contributed by atoms with van der Waals surface area (Å²) < 4.78 is 54.4. The maximum Gasteiger partial charge on any atom is 0.418 e. The van der Waals surface area contributed by atoms with Crippen molar-refractivity contribution in [1.29, 1.82) is 0 Å². The molecule has 0 spiro atoms. The number of benzene rings is 2. The highest BCUT2D eigenvalue weighted by Crippen LogP contribution is 2.37. The number of nitro benzene ring substituents is 1. The van der Waals surface area contributed by atoms with Crippen molar-refractivity contribution in [2.24, 2.45) is 0 Å². The Labute approximate surface area is 173 Å². The van der Waals surface area contributed by atoms with Gasteiger partial charge in [-0.05, 0) is 37.3 Å². The van der Waals surface area contributed by atoms with E-state index in [-0.39, 0.29) is 0 Å². The number of carbonyl (C=O) groups is 2. The molecule has 0 fully saturated rings. The summed E-state index contributed by atoms with van der Waals surface area (Å²) in [6.07, 6.45) is -4.95. The number of amides is 1. The number of ether oxygens (including phenoxy) is 3. The number of anilines is 1. The SMILES string of the molecule is CCOc1ccc(OCC(=O)OCC(=O)Nc2ccc([N+](=O)[O-])cc2C(F)(F)F)cc1. The van der Waals surface area contributed by atoms with Gasteiger partial charge < -0.3 is 19.5 Å². The van der Waals surface area contributed by atoms with Crippen molar-refractivity contribution >= 4 is 23.3 Å². The van der Waals surface area contributed by atoms with E-state index in [0.29, 0.717) is 24.2 Å². The fourth-order valence-electron chi connectivity index (χ4n) is 2.30. The van der Waals surface area contributed by atoms with Crippen molar-refractivity contribution in [3.05, 3.63) is 58.1 Å². The first kappa shape index (κ1) is 23.4. The predicted molar refractivity (Wildman–Crippen MR) is 101 cm³/mol. The van der Waals surface area contributed by atoms with Crippen LogP contribution in [-0.2, 0) is 20.5 Å². The summed E-state index contributed by atoms with van der Waals surface area (Å²) in [5, 5.41) is 12.6. The third kappa shape index (κ3) is 7.17. The molecule has 0 radical (unpaired) electrons. The zero-order chi connectivity index (χ0) is 23.0. The zero-order valence-corrected chi connectivity index (χ0v) is 16.1. The quantitative estimate of drug-likeness (QED) is 0.358. The molecule has 0 unspecified atom stereocenters. The summed E-state index contributed by atoms with van der Waals surface area (Å²) in [4.78, 5) is 33.2. The highest BCUT2D eigenvalue weighted by atomic mass is 19.4. The number of esters is 1. The molecule has 0 heterocycles. The maximum absolute atomic E-state index is 13.1. The van der Waals surface area contributed by atoms with Crippen LogP contribution >= 0.6 is 0 Å². The molecule has 1 N–H and O–H groups in total. The van der Waals surface area contributed by atoms with Crippen LogP contribution in [0, 0.1) is 10.1 Å². The van der Waals surface area contributed by atoms with Gasteiger partial charge in [0.15, 0.2) is 13.2 Å². The van der Waals surface area contributed by atoms with E-state index in [0.717, 1.165) is 12.1 Å². The van der Waals surface area contributed by atoms with Crippen molar-refractivity contribution in [2.75, 3.05) is 25.1 Å². The van der Waals surface area contributed by atoms with Crippen LogP contribution in [0.4, 0.5) is 24.5 Å². The number of non-ortho nitro benzene ring substituents is 1. The standard InChI is InChI=1S/C19H17F3N2O7/c1-2-29-13-4-6-14(7-5-13)30-11-18(26)31-10-17(25)23-16-8-3-12(24(27)28)9-15(16)19(20,21)22/h3-9H,2,10-11H2,1H3,(H,23,25). The van der Waals surface area contributed by atoms with Crippen LogP contribution in [0.5, 0.6) is 11.5 Å². The molecule has 0 aliphatic rings. The highest BCUT2D eigenvalue weighted by Gasteiger charge is 2.35. The number of nitro groups is 1. The van der Waals surface area contributed by atoms with Crippen molar-refractivity contribution in [3.63, 3.8) is 0 Å². The largest absolute Gasteiger partial charge is 0.494 e. The van der Waals surface area contributed by atoms with Gasteiger partial charge in [-0.15, -0.1) is 0 Å². The molecule has 0 aliphatic heterocycles. The van der Waals surface area contributed by atoms with E-state index in [2.05, 4.69) is 4.74 Å². The number of carbonyl (C=O) groups excluding carboxylic acids is 2. The summed E-state index contributed by atoms with van der Waals surface area (Å²) in [5.41, 5.74) is -2.90. The third-order valence-corrected chi connectivity index (χ3v) is 3.65. The molecule has 31 heavy (non-hydrogen) atoms. The molecule has 0 bridgehead atoms. The van der Waals surface area contributed by atoms with Crippen molar-refractivity contribution in [1.82, 2.24) is 0 Å². The average molecular weight is 442 g/mol. The van der Waals surface area contributed by atoms with Crippen LogP contribution < -0.4 is 14.8 Å². The van der Waals surface area contributed by atoms with Crippen LogP contribution in [0.1, 0.15) is 12.5 Å². The molecular formula is C19H17F3N2O7. The molecule has 0 saturated carbocycles. The minimum Gasteiger partial charge on any atom is -0.494 e. The fourth-order valence-corrected chi connectivity index (χ4v) is 2.30. The van der Waals surface area contributed by atoms with Crippen molar-refractivity contribution in [3.8, 4) is 11.5 Å². The number of nitrogens with zero attached hydrogens (tertiary/aromatic N) is 1. The van der Waals surface area contributed by atoms with E-state index in [4.69, 9.17) is 9.47 Å². The normalized spacial score (nSPS) is 10.8. The van der Waals surface area contributed by atoms with Gasteiger partial charge in [-0.2, -0.15) is 13.2 Å². The molecule has 0 saturated heterocycles. The Morgan fingerprint density at radius 2 is 1.65 bits per heavy atom. The Morgan fingerprint density at radius 3 is 2.19 bits per heavy atom. The topological polar surface area (TPSA) is 117 Å². The summed E-state index contributed by atoms with van der Waals surface area (Å²) in [5.74, 6) is -1.04. The van der Waals surface area contributed by atoms with Gasteiger partial charge in [0, 0.05) is 12.1 Å². The molecule has 12 heteroatoms. The van der Waals surface area contributed by atoms with E-state index in [1.165, 1.54) is 0 Å². The number of halogens is 3. The molecular weight excluding hydrogens is 425 g/mol. The minimum atomic E-state index is -4.95. The van der Waals surface area contributed by atoms with Gasteiger partial charge in [-0.1, -0.05) is 0 Å². The van der Waals surface area contributed by atoms with Gasteiger partial charge in [-0.3, -0.25) is 14.9 Å². The Kier molecular flexibility index (Phi) is 7.77. The number of hydrogen-bond acceptors (Lipinski definition) is 7. The molecule has 0 aliphatic carbocycles. The summed E-state index contributed by atoms with van der Waals surface area (Å²) >= 11 is 0. The van der Waals surface area contributed by atoms with Gasteiger partial charge in [0.05, 0.1) is 22.8 Å².